The molecule has 0 fully saturated rings. The van der Waals surface area contributed by atoms with Crippen molar-refractivity contribution in [3.63, 3.8) is 0 Å². The maximum Gasteiger partial charge on any atom is 0.228 e. The first-order valence-corrected chi connectivity index (χ1v) is 7.35. The Morgan fingerprint density at radius 3 is 2.43 bits per heavy atom. The largest absolute Gasteiger partial charge is 0.428 e. The predicted molar refractivity (Wildman–Crippen MR) is 82.2 cm³/mol. The van der Waals surface area contributed by atoms with Crippen LogP contribution in [0.2, 0.25) is 5.02 Å². The Labute approximate surface area is 131 Å². The third-order valence-corrected chi connectivity index (χ3v) is 3.97. The van der Waals surface area contributed by atoms with Gasteiger partial charge < -0.3 is 4.42 Å². The first-order valence-electron chi connectivity index (χ1n) is 6.16. The molecule has 0 amide bonds. The Balaban J connectivity index is 1.94. The van der Waals surface area contributed by atoms with E-state index in [1.807, 2.05) is 42.5 Å². The van der Waals surface area contributed by atoms with Crippen LogP contribution in [0.25, 0.3) is 11.5 Å². The molecule has 0 atom stereocenters. The summed E-state index contributed by atoms with van der Waals surface area (Å²) < 4.78 is 5.72. The van der Waals surface area contributed by atoms with Crippen LogP contribution in [0.1, 0.15) is 5.69 Å². The fourth-order valence-electron chi connectivity index (χ4n) is 1.76. The molecule has 0 unspecified atom stereocenters. The second kappa shape index (κ2) is 6.04. The zero-order chi connectivity index (χ0) is 14.7. The number of aromatic nitrogens is 1. The molecule has 102 valence electrons. The molecule has 0 aliphatic carbocycles. The van der Waals surface area contributed by atoms with Gasteiger partial charge in [-0.25, -0.2) is 0 Å². The molecule has 2 aromatic carbocycles. The molecule has 0 saturated heterocycles. The Bertz CT molecular complexity index is 791. The van der Waals surface area contributed by atoms with Crippen LogP contribution < -0.4 is 0 Å². The normalized spacial score (nSPS) is 10.3. The van der Waals surface area contributed by atoms with Gasteiger partial charge in [0, 0.05) is 15.5 Å². The van der Waals surface area contributed by atoms with Gasteiger partial charge >= 0.3 is 0 Å². The van der Waals surface area contributed by atoms with Crippen molar-refractivity contribution < 1.29 is 4.42 Å². The average molecular weight is 313 g/mol. The van der Waals surface area contributed by atoms with Gasteiger partial charge in [0.25, 0.3) is 0 Å². The SMILES string of the molecule is N#Cc1nc(-c2ccccc2)oc1Sc1ccc(Cl)cc1. The van der Waals surface area contributed by atoms with E-state index in [0.29, 0.717) is 16.0 Å². The molecule has 0 aliphatic rings. The third kappa shape index (κ3) is 3.10. The molecule has 1 heterocycles. The van der Waals surface area contributed by atoms with E-state index >= 15 is 0 Å². The molecule has 0 radical (unpaired) electrons. The minimum atomic E-state index is 0.286. The van der Waals surface area contributed by atoms with Crippen molar-refractivity contribution in [1.82, 2.24) is 4.98 Å². The zero-order valence-electron chi connectivity index (χ0n) is 10.8. The second-order valence-corrected chi connectivity index (χ2v) is 5.67. The monoisotopic (exact) mass is 312 g/mol. The van der Waals surface area contributed by atoms with Crippen LogP contribution in [0.4, 0.5) is 0 Å². The van der Waals surface area contributed by atoms with Crippen molar-refractivity contribution in [1.29, 1.82) is 5.26 Å². The van der Waals surface area contributed by atoms with Crippen molar-refractivity contribution in [2.45, 2.75) is 9.99 Å². The van der Waals surface area contributed by atoms with Gasteiger partial charge in [-0.3, -0.25) is 0 Å². The Morgan fingerprint density at radius 2 is 1.76 bits per heavy atom. The summed E-state index contributed by atoms with van der Waals surface area (Å²) in [5, 5.41) is 10.3. The highest BCUT2D eigenvalue weighted by Gasteiger charge is 2.15. The lowest BCUT2D eigenvalue weighted by molar-refractivity contribution is 0.483. The van der Waals surface area contributed by atoms with Crippen LogP contribution in [-0.2, 0) is 0 Å². The molecule has 3 rings (SSSR count). The molecule has 21 heavy (non-hydrogen) atoms. The third-order valence-electron chi connectivity index (χ3n) is 2.75. The molecular weight excluding hydrogens is 304 g/mol. The van der Waals surface area contributed by atoms with Crippen LogP contribution in [0, 0.1) is 11.3 Å². The second-order valence-electron chi connectivity index (χ2n) is 4.19. The number of rotatable bonds is 3. The van der Waals surface area contributed by atoms with E-state index in [2.05, 4.69) is 11.1 Å². The van der Waals surface area contributed by atoms with Crippen LogP contribution in [-0.4, -0.2) is 4.98 Å². The van der Waals surface area contributed by atoms with Gasteiger partial charge in [-0.05, 0) is 48.2 Å². The Hall–Kier alpha value is -2.22. The number of hydrogen-bond acceptors (Lipinski definition) is 4. The molecule has 0 bridgehead atoms. The average Bonchev–Trinajstić information content (AvgIpc) is 2.93. The van der Waals surface area contributed by atoms with Crippen molar-refractivity contribution >= 4 is 23.4 Å². The summed E-state index contributed by atoms with van der Waals surface area (Å²) >= 11 is 7.21. The standard InChI is InChI=1S/C16H9ClN2OS/c17-12-6-8-13(9-7-12)21-16-14(10-18)19-15(20-16)11-4-2-1-3-5-11/h1-9H. The lowest BCUT2D eigenvalue weighted by Crippen LogP contribution is -1.78. The smallest absolute Gasteiger partial charge is 0.228 e. The van der Waals surface area contributed by atoms with Crippen molar-refractivity contribution in [3.8, 4) is 17.5 Å². The number of hydrogen-bond donors (Lipinski definition) is 0. The van der Waals surface area contributed by atoms with E-state index < -0.39 is 0 Å². The lowest BCUT2D eigenvalue weighted by atomic mass is 10.2. The summed E-state index contributed by atoms with van der Waals surface area (Å²) in [6.07, 6.45) is 0. The number of nitriles is 1. The van der Waals surface area contributed by atoms with Crippen LogP contribution >= 0.6 is 23.4 Å². The molecular formula is C16H9ClN2OS. The van der Waals surface area contributed by atoms with Gasteiger partial charge in [-0.15, -0.1) is 0 Å². The van der Waals surface area contributed by atoms with Gasteiger partial charge in [0.1, 0.15) is 6.07 Å². The van der Waals surface area contributed by atoms with E-state index in [0.717, 1.165) is 10.5 Å². The van der Waals surface area contributed by atoms with Gasteiger partial charge in [0.05, 0.1) is 0 Å². The minimum absolute atomic E-state index is 0.286. The molecule has 3 nitrogen and oxygen atoms in total. The quantitative estimate of drug-likeness (QED) is 0.681. The lowest BCUT2D eigenvalue weighted by Gasteiger charge is -1.98. The maximum absolute atomic E-state index is 9.19. The fourth-order valence-corrected chi connectivity index (χ4v) is 2.68. The highest BCUT2D eigenvalue weighted by Crippen LogP contribution is 2.34. The molecule has 0 spiro atoms. The summed E-state index contributed by atoms with van der Waals surface area (Å²) in [5.74, 6) is 0.448. The zero-order valence-corrected chi connectivity index (χ0v) is 12.4. The molecule has 0 N–H and O–H groups in total. The summed E-state index contributed by atoms with van der Waals surface area (Å²) in [6.45, 7) is 0. The number of nitrogens with zero attached hydrogens (tertiary/aromatic N) is 2. The van der Waals surface area contributed by atoms with Crippen molar-refractivity contribution in [3.05, 3.63) is 65.3 Å². The molecule has 0 aliphatic heterocycles. The summed E-state index contributed by atoms with van der Waals surface area (Å²) in [6, 6.07) is 18.9. The predicted octanol–water partition coefficient (Wildman–Crippen LogP) is 5.02. The number of benzene rings is 2. The van der Waals surface area contributed by atoms with E-state index in [1.165, 1.54) is 11.8 Å². The molecule has 1 aromatic heterocycles. The van der Waals surface area contributed by atoms with Gasteiger partial charge in [-0.1, -0.05) is 29.8 Å². The summed E-state index contributed by atoms with van der Waals surface area (Å²) in [4.78, 5) is 5.17. The van der Waals surface area contributed by atoms with Gasteiger partial charge in [0.15, 0.2) is 5.69 Å². The number of oxazole rings is 1. The van der Waals surface area contributed by atoms with Crippen LogP contribution in [0.15, 0.2) is 69.0 Å². The summed E-state index contributed by atoms with van der Waals surface area (Å²) in [5.41, 5.74) is 1.13. The van der Waals surface area contributed by atoms with E-state index in [9.17, 15) is 5.26 Å². The Kier molecular flexibility index (Phi) is 3.96. The fraction of sp³-hybridized carbons (Fsp3) is 0. The molecule has 3 aromatic rings. The van der Waals surface area contributed by atoms with Crippen LogP contribution in [0.3, 0.4) is 0 Å². The highest BCUT2D eigenvalue weighted by molar-refractivity contribution is 7.99. The minimum Gasteiger partial charge on any atom is -0.428 e. The van der Waals surface area contributed by atoms with Gasteiger partial charge in [0.2, 0.25) is 11.0 Å². The van der Waals surface area contributed by atoms with Crippen molar-refractivity contribution in [2.75, 3.05) is 0 Å². The van der Waals surface area contributed by atoms with E-state index in [4.69, 9.17) is 16.0 Å². The van der Waals surface area contributed by atoms with Gasteiger partial charge in [-0.2, -0.15) is 10.2 Å². The first kappa shape index (κ1) is 13.7. The van der Waals surface area contributed by atoms with E-state index in [1.54, 1.807) is 12.1 Å². The van der Waals surface area contributed by atoms with Crippen molar-refractivity contribution in [2.24, 2.45) is 0 Å². The maximum atomic E-state index is 9.19. The van der Waals surface area contributed by atoms with Crippen LogP contribution in [0.5, 0.6) is 0 Å². The Morgan fingerprint density at radius 1 is 1.05 bits per heavy atom. The summed E-state index contributed by atoms with van der Waals surface area (Å²) in [7, 11) is 0. The number of halogens is 1. The molecule has 5 heteroatoms. The highest BCUT2D eigenvalue weighted by atomic mass is 35.5. The van der Waals surface area contributed by atoms with E-state index in [-0.39, 0.29) is 5.69 Å². The topological polar surface area (TPSA) is 49.8 Å². The first-order chi connectivity index (χ1) is 10.3. The molecule has 0 saturated carbocycles.